The molecule has 0 aromatic carbocycles. The zero-order valence-electron chi connectivity index (χ0n) is 3.32. The molecule has 1 nitrogen and oxygen atoms in total. The molecule has 0 fully saturated rings. The summed E-state index contributed by atoms with van der Waals surface area (Å²) in [5.41, 5.74) is 3.37. The summed E-state index contributed by atoms with van der Waals surface area (Å²) in [5, 5.41) is -0.572. The van der Waals surface area contributed by atoms with Gasteiger partial charge in [-0.15, -0.1) is 5.73 Å². The van der Waals surface area contributed by atoms with Crippen LogP contribution in [-0.2, 0) is 4.79 Å². The van der Waals surface area contributed by atoms with Crippen molar-refractivity contribution in [1.29, 1.82) is 0 Å². The molecule has 0 radical (unpaired) electrons. The monoisotopic (exact) mass is 136 g/mol. The third kappa shape index (κ3) is 5.77. The van der Waals surface area contributed by atoms with E-state index in [4.69, 9.17) is 23.2 Å². The first-order valence-corrected chi connectivity index (χ1v) is 2.29. The Morgan fingerprint density at radius 2 is 2.29 bits per heavy atom. The summed E-state index contributed by atoms with van der Waals surface area (Å²) < 4.78 is 0. The topological polar surface area (TPSA) is 17.1 Å². The molecular weight excluding hydrogens is 135 g/mol. The number of carbonyl (C=O) groups is 1. The summed E-state index contributed by atoms with van der Waals surface area (Å²) in [6.07, 6.45) is 1.04. The van der Waals surface area contributed by atoms with E-state index in [1.165, 1.54) is 0 Å². The fourth-order valence-corrected chi connectivity index (χ4v) is 0.223. The quantitative estimate of drug-likeness (QED) is 0.305. The molecule has 0 atom stereocenters. The summed E-state index contributed by atoms with van der Waals surface area (Å²) >= 11 is 9.79. The number of halogens is 2. The van der Waals surface area contributed by atoms with Crippen LogP contribution in [0, 0.1) is 0 Å². The molecule has 0 spiro atoms. The highest BCUT2D eigenvalue weighted by atomic mass is 35.5. The maximum absolute atomic E-state index is 9.77. The van der Waals surface area contributed by atoms with Gasteiger partial charge in [0.1, 0.15) is 0 Å². The molecule has 0 aromatic heterocycles. The van der Waals surface area contributed by atoms with Gasteiger partial charge in [0, 0.05) is 11.6 Å². The molecule has 0 saturated carbocycles. The molecule has 0 aromatic rings. The SMILES string of the molecule is O=C(Cl)C=C=CCl. The molecule has 0 heterocycles. The van der Waals surface area contributed by atoms with Crippen molar-refractivity contribution in [2.24, 2.45) is 0 Å². The molecule has 38 valence electrons. The predicted molar refractivity (Wildman–Crippen MR) is 29.4 cm³/mol. The Morgan fingerprint density at radius 3 is 2.43 bits per heavy atom. The Morgan fingerprint density at radius 1 is 1.71 bits per heavy atom. The number of allylic oxidation sites excluding steroid dienone is 1. The van der Waals surface area contributed by atoms with Crippen molar-refractivity contribution in [3.8, 4) is 0 Å². The molecule has 0 aliphatic heterocycles. The van der Waals surface area contributed by atoms with Gasteiger partial charge < -0.3 is 0 Å². The van der Waals surface area contributed by atoms with Gasteiger partial charge in [-0.25, -0.2) is 0 Å². The van der Waals surface area contributed by atoms with Crippen molar-refractivity contribution in [2.75, 3.05) is 0 Å². The number of carbonyl (C=O) groups excluding carboxylic acids is 1. The van der Waals surface area contributed by atoms with E-state index in [0.29, 0.717) is 0 Å². The summed E-state index contributed by atoms with van der Waals surface area (Å²) in [4.78, 5) is 9.77. The number of hydrogen-bond acceptors (Lipinski definition) is 1. The normalized spacial score (nSPS) is 6.57. The van der Waals surface area contributed by atoms with Crippen LogP contribution < -0.4 is 0 Å². The highest BCUT2D eigenvalue weighted by Gasteiger charge is 1.77. The second-order valence-corrected chi connectivity index (χ2v) is 1.31. The standard InChI is InChI=1S/C4H2Cl2O/c5-3-1-2-4(6)7/h2-3H. The van der Waals surface area contributed by atoms with Crippen LogP contribution in [0.3, 0.4) is 0 Å². The van der Waals surface area contributed by atoms with Crippen LogP contribution >= 0.6 is 23.2 Å². The van der Waals surface area contributed by atoms with E-state index >= 15 is 0 Å². The molecule has 0 aliphatic carbocycles. The van der Waals surface area contributed by atoms with Crippen molar-refractivity contribution in [3.63, 3.8) is 0 Å². The Labute approximate surface area is 51.2 Å². The second kappa shape index (κ2) is 3.94. The van der Waals surface area contributed by atoms with Crippen LogP contribution in [-0.4, -0.2) is 5.24 Å². The molecule has 0 unspecified atom stereocenters. The van der Waals surface area contributed by atoms with Crippen molar-refractivity contribution in [1.82, 2.24) is 0 Å². The van der Waals surface area contributed by atoms with Crippen LogP contribution in [0.15, 0.2) is 17.3 Å². The number of rotatable bonds is 1. The molecule has 0 bridgehead atoms. The van der Waals surface area contributed by atoms with E-state index in [2.05, 4.69) is 5.73 Å². The van der Waals surface area contributed by atoms with Gasteiger partial charge in [-0.3, -0.25) is 4.79 Å². The van der Waals surface area contributed by atoms with E-state index in [1.54, 1.807) is 0 Å². The zero-order chi connectivity index (χ0) is 5.70. The van der Waals surface area contributed by atoms with Gasteiger partial charge in [-0.05, 0) is 11.6 Å². The zero-order valence-corrected chi connectivity index (χ0v) is 4.83. The minimum Gasteiger partial charge on any atom is -0.276 e. The van der Waals surface area contributed by atoms with E-state index in [9.17, 15) is 4.79 Å². The Hall–Kier alpha value is -0.230. The van der Waals surface area contributed by atoms with Gasteiger partial charge in [0.15, 0.2) is 0 Å². The average molecular weight is 137 g/mol. The molecular formula is C4H2Cl2O. The van der Waals surface area contributed by atoms with E-state index in [0.717, 1.165) is 11.6 Å². The third-order valence-electron chi connectivity index (χ3n) is 0.260. The fourth-order valence-electron chi connectivity index (χ4n) is 0.0970. The minimum absolute atomic E-state index is 0.572. The maximum atomic E-state index is 9.77. The van der Waals surface area contributed by atoms with E-state index < -0.39 is 5.24 Å². The van der Waals surface area contributed by atoms with E-state index in [-0.39, 0.29) is 0 Å². The summed E-state index contributed by atoms with van der Waals surface area (Å²) in [6.45, 7) is 0. The van der Waals surface area contributed by atoms with Gasteiger partial charge in [0.2, 0.25) is 0 Å². The lowest BCUT2D eigenvalue weighted by Gasteiger charge is -1.61. The van der Waals surface area contributed by atoms with Crippen LogP contribution in [0.25, 0.3) is 0 Å². The Kier molecular flexibility index (Phi) is 3.81. The van der Waals surface area contributed by atoms with Crippen LogP contribution in [0.5, 0.6) is 0 Å². The van der Waals surface area contributed by atoms with Gasteiger partial charge >= 0.3 is 0 Å². The van der Waals surface area contributed by atoms with Gasteiger partial charge in [-0.1, -0.05) is 11.6 Å². The number of hydrogen-bond donors (Lipinski definition) is 0. The summed E-state index contributed by atoms with van der Waals surface area (Å²) in [5.74, 6) is 0. The minimum atomic E-state index is -0.572. The maximum Gasteiger partial charge on any atom is 0.252 e. The molecule has 0 N–H and O–H groups in total. The Balaban J connectivity index is 3.70. The van der Waals surface area contributed by atoms with Crippen molar-refractivity contribution in [2.45, 2.75) is 0 Å². The molecule has 0 amide bonds. The molecule has 3 heteroatoms. The molecule has 0 rings (SSSR count). The first-order chi connectivity index (χ1) is 3.27. The van der Waals surface area contributed by atoms with Gasteiger partial charge in [0.25, 0.3) is 5.24 Å². The lowest BCUT2D eigenvalue weighted by Crippen LogP contribution is -1.69. The van der Waals surface area contributed by atoms with Crippen molar-refractivity contribution < 1.29 is 4.79 Å². The van der Waals surface area contributed by atoms with Crippen LogP contribution in [0.1, 0.15) is 0 Å². The van der Waals surface area contributed by atoms with Crippen LogP contribution in [0.4, 0.5) is 0 Å². The molecule has 0 aliphatic rings. The largest absolute Gasteiger partial charge is 0.276 e. The summed E-state index contributed by atoms with van der Waals surface area (Å²) in [7, 11) is 0. The average Bonchev–Trinajstić information content (AvgIpc) is 1.61. The lowest BCUT2D eigenvalue weighted by atomic mass is 10.7. The highest BCUT2D eigenvalue weighted by molar-refractivity contribution is 6.66. The third-order valence-corrected chi connectivity index (χ3v) is 0.495. The van der Waals surface area contributed by atoms with Gasteiger partial charge in [-0.2, -0.15) is 0 Å². The summed E-state index contributed by atoms with van der Waals surface area (Å²) in [6, 6.07) is 0. The lowest BCUT2D eigenvalue weighted by molar-refractivity contribution is -0.107. The van der Waals surface area contributed by atoms with Crippen LogP contribution in [0.2, 0.25) is 0 Å². The van der Waals surface area contributed by atoms with Gasteiger partial charge in [0.05, 0.1) is 0 Å². The first-order valence-electron chi connectivity index (χ1n) is 1.48. The highest BCUT2D eigenvalue weighted by Crippen LogP contribution is 1.79. The fraction of sp³-hybridized carbons (Fsp3) is 0. The molecule has 0 saturated heterocycles. The smallest absolute Gasteiger partial charge is 0.252 e. The second-order valence-electron chi connectivity index (χ2n) is 0.724. The Bertz CT molecular complexity index is 122. The van der Waals surface area contributed by atoms with E-state index in [1.807, 2.05) is 0 Å². The van der Waals surface area contributed by atoms with Crippen molar-refractivity contribution >= 4 is 28.4 Å². The molecule has 7 heavy (non-hydrogen) atoms. The first kappa shape index (κ1) is 6.77. The predicted octanol–water partition coefficient (Wildman–Crippen LogP) is 1.66. The van der Waals surface area contributed by atoms with Crippen molar-refractivity contribution in [3.05, 3.63) is 17.3 Å².